The Bertz CT molecular complexity index is 875. The van der Waals surface area contributed by atoms with E-state index in [0.717, 1.165) is 36.6 Å². The van der Waals surface area contributed by atoms with Gasteiger partial charge in [0.1, 0.15) is 0 Å². The first kappa shape index (κ1) is 25.0. The highest BCUT2D eigenvalue weighted by Gasteiger charge is 2.27. The first-order valence-corrected chi connectivity index (χ1v) is 13.2. The Balaban J connectivity index is 1.53. The number of rotatable bonds is 13. The fraction of sp³-hybridized carbons (Fsp3) is 0.679. The minimum atomic E-state index is 0.0118. The molecule has 32 heavy (non-hydrogen) atoms. The molecule has 4 nitrogen and oxygen atoms in total. The van der Waals surface area contributed by atoms with Gasteiger partial charge < -0.3 is 15.6 Å². The van der Waals surface area contributed by atoms with Crippen molar-refractivity contribution in [2.75, 3.05) is 26.2 Å². The summed E-state index contributed by atoms with van der Waals surface area (Å²) in [5.41, 5.74) is 9.16. The van der Waals surface area contributed by atoms with Crippen LogP contribution in [0.3, 0.4) is 0 Å². The average molecular weight is 440 g/mol. The number of benzene rings is 1. The molecule has 2 atom stereocenters. The summed E-state index contributed by atoms with van der Waals surface area (Å²) in [5, 5.41) is 1.19. The molecule has 2 heterocycles. The van der Waals surface area contributed by atoms with Crippen LogP contribution >= 0.6 is 0 Å². The number of H-pyrrole nitrogens is 1. The van der Waals surface area contributed by atoms with E-state index in [9.17, 15) is 4.79 Å². The number of hydrogen-bond acceptors (Lipinski definition) is 3. The predicted molar refractivity (Wildman–Crippen MR) is 137 cm³/mol. The Morgan fingerprint density at radius 1 is 1.03 bits per heavy atom. The zero-order valence-electron chi connectivity index (χ0n) is 20.5. The standard InChI is InChI=1S/C28H45N3O/c1-3-5-6-7-8-17-31-18-15-24(23(4-2)21-31)10-9-11-25-20-28(32)30-27-13-12-22(14-16-29)19-26(25)27/h12-13,19-20,23-24H,3-11,14-18,21,29H2,1-2H3,(H,30,32)/t23-,24+/m0/s1. The second kappa shape index (κ2) is 13.2. The van der Waals surface area contributed by atoms with Gasteiger partial charge in [-0.15, -0.1) is 0 Å². The molecule has 1 aliphatic heterocycles. The molecule has 0 unspecified atom stereocenters. The molecule has 178 valence electrons. The van der Waals surface area contributed by atoms with Crippen molar-refractivity contribution in [3.63, 3.8) is 0 Å². The summed E-state index contributed by atoms with van der Waals surface area (Å²) >= 11 is 0. The molecule has 1 saturated heterocycles. The number of likely N-dealkylation sites (tertiary alicyclic amines) is 1. The van der Waals surface area contributed by atoms with Crippen LogP contribution in [0, 0.1) is 11.8 Å². The maximum atomic E-state index is 12.2. The zero-order valence-corrected chi connectivity index (χ0v) is 20.5. The summed E-state index contributed by atoms with van der Waals surface area (Å²) in [5.74, 6) is 1.66. The molecule has 1 aromatic heterocycles. The summed E-state index contributed by atoms with van der Waals surface area (Å²) in [6, 6.07) is 8.16. The number of aromatic amines is 1. The van der Waals surface area contributed by atoms with Crippen molar-refractivity contribution in [3.8, 4) is 0 Å². The van der Waals surface area contributed by atoms with Gasteiger partial charge >= 0.3 is 0 Å². The summed E-state index contributed by atoms with van der Waals surface area (Å²) in [7, 11) is 0. The zero-order chi connectivity index (χ0) is 22.8. The molecule has 0 saturated carbocycles. The first-order chi connectivity index (χ1) is 15.6. The number of nitrogens with one attached hydrogen (secondary N) is 1. The molecule has 2 aromatic rings. The molecular weight excluding hydrogens is 394 g/mol. The third-order valence-electron chi connectivity index (χ3n) is 7.52. The quantitative estimate of drug-likeness (QED) is 0.395. The number of fused-ring (bicyclic) bond motifs is 1. The largest absolute Gasteiger partial charge is 0.330 e. The highest BCUT2D eigenvalue weighted by atomic mass is 16.1. The molecule has 0 radical (unpaired) electrons. The van der Waals surface area contributed by atoms with Crippen LogP contribution in [0.15, 0.2) is 29.1 Å². The minimum absolute atomic E-state index is 0.0118. The van der Waals surface area contributed by atoms with Crippen molar-refractivity contribution in [1.82, 2.24) is 9.88 Å². The molecule has 0 amide bonds. The van der Waals surface area contributed by atoms with E-state index in [1.807, 2.05) is 12.1 Å². The van der Waals surface area contributed by atoms with Crippen molar-refractivity contribution in [2.45, 2.75) is 84.5 Å². The van der Waals surface area contributed by atoms with Gasteiger partial charge in [-0.2, -0.15) is 0 Å². The van der Waals surface area contributed by atoms with Gasteiger partial charge in [-0.3, -0.25) is 4.79 Å². The Kier molecular flexibility index (Phi) is 10.3. The van der Waals surface area contributed by atoms with Gasteiger partial charge in [0.25, 0.3) is 0 Å². The van der Waals surface area contributed by atoms with E-state index in [0.29, 0.717) is 6.54 Å². The number of hydrogen-bond donors (Lipinski definition) is 2. The Labute approximate surface area is 195 Å². The third kappa shape index (κ3) is 7.18. The van der Waals surface area contributed by atoms with E-state index in [1.54, 1.807) is 0 Å². The van der Waals surface area contributed by atoms with Gasteiger partial charge in [0.2, 0.25) is 5.56 Å². The van der Waals surface area contributed by atoms with Crippen molar-refractivity contribution < 1.29 is 0 Å². The van der Waals surface area contributed by atoms with Gasteiger partial charge in [-0.1, -0.05) is 52.0 Å². The van der Waals surface area contributed by atoms with Crippen LogP contribution in [0.1, 0.15) is 82.8 Å². The second-order valence-corrected chi connectivity index (χ2v) is 9.90. The molecule has 0 bridgehead atoms. The fourth-order valence-corrected chi connectivity index (χ4v) is 5.60. The highest BCUT2D eigenvalue weighted by Crippen LogP contribution is 2.31. The fourth-order valence-electron chi connectivity index (χ4n) is 5.60. The van der Waals surface area contributed by atoms with Gasteiger partial charge in [-0.05, 0) is 93.3 Å². The lowest BCUT2D eigenvalue weighted by atomic mass is 9.80. The van der Waals surface area contributed by atoms with E-state index in [4.69, 9.17) is 5.73 Å². The number of nitrogens with two attached hydrogens (primary N) is 1. The molecule has 3 N–H and O–H groups in total. The number of unbranched alkanes of at least 4 members (excludes halogenated alkanes) is 4. The smallest absolute Gasteiger partial charge is 0.248 e. The Morgan fingerprint density at radius 3 is 2.66 bits per heavy atom. The maximum absolute atomic E-state index is 12.2. The van der Waals surface area contributed by atoms with E-state index in [-0.39, 0.29) is 5.56 Å². The number of nitrogens with zero attached hydrogens (tertiary/aromatic N) is 1. The van der Waals surface area contributed by atoms with Crippen molar-refractivity contribution >= 4 is 10.9 Å². The molecule has 4 heteroatoms. The number of aromatic nitrogens is 1. The summed E-state index contributed by atoms with van der Waals surface area (Å²) in [6.07, 6.45) is 13.8. The monoisotopic (exact) mass is 439 g/mol. The maximum Gasteiger partial charge on any atom is 0.248 e. The van der Waals surface area contributed by atoms with Crippen LogP contribution in [0.5, 0.6) is 0 Å². The number of pyridine rings is 1. The van der Waals surface area contributed by atoms with Crippen molar-refractivity contribution in [2.24, 2.45) is 17.6 Å². The Hall–Kier alpha value is -1.65. The van der Waals surface area contributed by atoms with Crippen molar-refractivity contribution in [3.05, 3.63) is 45.7 Å². The second-order valence-electron chi connectivity index (χ2n) is 9.90. The first-order valence-electron chi connectivity index (χ1n) is 13.2. The molecule has 0 aliphatic carbocycles. The van der Waals surface area contributed by atoms with E-state index < -0.39 is 0 Å². The van der Waals surface area contributed by atoms with Crippen LogP contribution in [-0.4, -0.2) is 36.1 Å². The minimum Gasteiger partial charge on any atom is -0.330 e. The molecular formula is C28H45N3O. The summed E-state index contributed by atoms with van der Waals surface area (Å²) in [4.78, 5) is 17.9. The van der Waals surface area contributed by atoms with Gasteiger partial charge in [0.05, 0.1) is 0 Å². The van der Waals surface area contributed by atoms with Gasteiger partial charge in [-0.25, -0.2) is 0 Å². The number of aryl methyl sites for hydroxylation is 1. The van der Waals surface area contributed by atoms with E-state index in [2.05, 4.69) is 35.9 Å². The van der Waals surface area contributed by atoms with E-state index >= 15 is 0 Å². The van der Waals surface area contributed by atoms with Crippen LogP contribution in [0.25, 0.3) is 10.9 Å². The SMILES string of the molecule is CCCCCCCN1CC[C@@H](CCCc2cc(=O)[nH]c3ccc(CCN)cc23)[C@@H](CC)C1. The van der Waals surface area contributed by atoms with Crippen LogP contribution < -0.4 is 11.3 Å². The van der Waals surface area contributed by atoms with Crippen molar-refractivity contribution in [1.29, 1.82) is 0 Å². The third-order valence-corrected chi connectivity index (χ3v) is 7.52. The van der Waals surface area contributed by atoms with Crippen LogP contribution in [0.4, 0.5) is 0 Å². The van der Waals surface area contributed by atoms with Gasteiger partial charge in [0, 0.05) is 23.5 Å². The Morgan fingerprint density at radius 2 is 1.88 bits per heavy atom. The lowest BCUT2D eigenvalue weighted by Gasteiger charge is -2.38. The molecule has 1 aromatic carbocycles. The topological polar surface area (TPSA) is 62.1 Å². The summed E-state index contributed by atoms with van der Waals surface area (Å²) < 4.78 is 0. The number of piperidine rings is 1. The molecule has 1 fully saturated rings. The lowest BCUT2D eigenvalue weighted by molar-refractivity contribution is 0.108. The highest BCUT2D eigenvalue weighted by molar-refractivity contribution is 5.82. The normalized spacial score (nSPS) is 19.6. The summed E-state index contributed by atoms with van der Waals surface area (Å²) in [6.45, 7) is 9.15. The predicted octanol–water partition coefficient (Wildman–Crippen LogP) is 5.67. The van der Waals surface area contributed by atoms with Gasteiger partial charge in [0.15, 0.2) is 0 Å². The van der Waals surface area contributed by atoms with E-state index in [1.165, 1.54) is 87.5 Å². The average Bonchev–Trinajstić information content (AvgIpc) is 2.80. The van der Waals surface area contributed by atoms with Crippen LogP contribution in [0.2, 0.25) is 0 Å². The lowest BCUT2D eigenvalue weighted by Crippen LogP contribution is -2.40. The van der Waals surface area contributed by atoms with Crippen LogP contribution in [-0.2, 0) is 12.8 Å². The molecule has 1 aliphatic rings. The molecule has 0 spiro atoms. The molecule has 3 rings (SSSR count).